The number of likely N-dealkylation sites (tertiary alicyclic amines) is 1. The summed E-state index contributed by atoms with van der Waals surface area (Å²) in [5.74, 6) is -2.16. The molecule has 1 saturated carbocycles. The molecule has 274 valence electrons. The second-order valence-electron chi connectivity index (χ2n) is 14.1. The van der Waals surface area contributed by atoms with Gasteiger partial charge in [-0.3, -0.25) is 19.3 Å². The normalized spacial score (nSPS) is 19.3. The molecular weight excluding hydrogens is 670 g/mol. The number of amides is 5. The first-order chi connectivity index (χ1) is 23.4. The van der Waals surface area contributed by atoms with Crippen LogP contribution in [0.4, 0.5) is 9.59 Å². The van der Waals surface area contributed by atoms with Crippen molar-refractivity contribution >= 4 is 46.3 Å². The number of alkyl carbamates (subject to hydrolysis) is 1. The van der Waals surface area contributed by atoms with Crippen LogP contribution in [0.25, 0.3) is 6.08 Å². The van der Waals surface area contributed by atoms with Gasteiger partial charge in [-0.2, -0.15) is 8.42 Å². The predicted octanol–water partition coefficient (Wildman–Crippen LogP) is 3.21. The Hall–Kier alpha value is -4.44. The van der Waals surface area contributed by atoms with Crippen molar-refractivity contribution in [2.45, 2.75) is 103 Å². The SMILES string of the molecule is C=CCC(NC(=O)C1CCCN1C(=O)C(C)NC(=O)OCC(C)(C)CC=Cc1cccc2c1CN(C(=O)O)C2)C(=O)NS(=O)(=O)OC1(C)CC1. The van der Waals surface area contributed by atoms with E-state index in [4.69, 9.17) is 8.92 Å². The summed E-state index contributed by atoms with van der Waals surface area (Å²) in [6.45, 7) is 11.5. The molecule has 2 heterocycles. The van der Waals surface area contributed by atoms with Gasteiger partial charge in [0.2, 0.25) is 11.8 Å². The number of carboxylic acid groups (broad SMARTS) is 1. The van der Waals surface area contributed by atoms with E-state index in [-0.39, 0.29) is 19.6 Å². The second kappa shape index (κ2) is 15.6. The quantitative estimate of drug-likeness (QED) is 0.195. The van der Waals surface area contributed by atoms with Crippen LogP contribution >= 0.6 is 0 Å². The van der Waals surface area contributed by atoms with Gasteiger partial charge in [-0.05, 0) is 69.1 Å². The maximum absolute atomic E-state index is 13.3. The molecule has 50 heavy (non-hydrogen) atoms. The average Bonchev–Trinajstić information content (AvgIpc) is 3.40. The summed E-state index contributed by atoms with van der Waals surface area (Å²) in [6.07, 6.45) is 5.86. The van der Waals surface area contributed by atoms with Crippen LogP contribution in [-0.4, -0.2) is 90.1 Å². The van der Waals surface area contributed by atoms with Gasteiger partial charge in [0.25, 0.3) is 5.91 Å². The van der Waals surface area contributed by atoms with Crippen LogP contribution < -0.4 is 15.4 Å². The molecule has 1 aliphatic carbocycles. The van der Waals surface area contributed by atoms with Crippen LogP contribution in [0.3, 0.4) is 0 Å². The van der Waals surface area contributed by atoms with E-state index in [1.54, 1.807) is 6.92 Å². The van der Waals surface area contributed by atoms with Crippen LogP contribution in [0.2, 0.25) is 0 Å². The number of carbonyl (C=O) groups excluding carboxylic acids is 4. The predicted molar refractivity (Wildman–Crippen MR) is 182 cm³/mol. The summed E-state index contributed by atoms with van der Waals surface area (Å²) in [6, 6.07) is 2.50. The van der Waals surface area contributed by atoms with Gasteiger partial charge < -0.3 is 25.4 Å². The first kappa shape index (κ1) is 38.4. The Morgan fingerprint density at radius 3 is 2.54 bits per heavy atom. The molecule has 0 bridgehead atoms. The lowest BCUT2D eigenvalue weighted by Crippen LogP contribution is -2.56. The first-order valence-corrected chi connectivity index (χ1v) is 18.0. The van der Waals surface area contributed by atoms with Crippen LogP contribution in [0.1, 0.15) is 82.9 Å². The Labute approximate surface area is 292 Å². The first-order valence-electron chi connectivity index (χ1n) is 16.6. The number of rotatable bonds is 15. The maximum Gasteiger partial charge on any atom is 0.407 e. The molecule has 0 aromatic heterocycles. The van der Waals surface area contributed by atoms with Crippen molar-refractivity contribution in [2.75, 3.05) is 13.2 Å². The molecule has 16 heteroatoms. The largest absolute Gasteiger partial charge is 0.465 e. The molecule has 15 nitrogen and oxygen atoms in total. The monoisotopic (exact) mass is 717 g/mol. The molecule has 1 saturated heterocycles. The van der Waals surface area contributed by atoms with Crippen LogP contribution in [0.15, 0.2) is 36.9 Å². The number of nitrogens with zero attached hydrogens (tertiary/aromatic N) is 2. The zero-order chi connectivity index (χ0) is 36.9. The van der Waals surface area contributed by atoms with Crippen LogP contribution in [-0.2, 0) is 46.7 Å². The molecular formula is C34H47N5O10S. The third-order valence-electron chi connectivity index (χ3n) is 8.92. The van der Waals surface area contributed by atoms with Crippen molar-refractivity contribution in [3.63, 3.8) is 0 Å². The van der Waals surface area contributed by atoms with E-state index in [9.17, 15) is 37.5 Å². The molecule has 0 spiro atoms. The van der Waals surface area contributed by atoms with Gasteiger partial charge in [-0.25, -0.2) is 18.5 Å². The number of hydrogen-bond acceptors (Lipinski definition) is 9. The number of ether oxygens (including phenoxy) is 1. The highest BCUT2D eigenvalue weighted by Crippen LogP contribution is 2.39. The van der Waals surface area contributed by atoms with Crippen LogP contribution in [0.5, 0.6) is 0 Å². The highest BCUT2D eigenvalue weighted by Gasteiger charge is 2.44. The number of nitrogens with one attached hydrogen (secondary N) is 3. The fourth-order valence-electron chi connectivity index (χ4n) is 5.80. The molecule has 2 aliphatic heterocycles. The van der Waals surface area contributed by atoms with Crippen LogP contribution in [0, 0.1) is 5.41 Å². The van der Waals surface area contributed by atoms with E-state index < -0.39 is 69.4 Å². The zero-order valence-corrected chi connectivity index (χ0v) is 29.7. The summed E-state index contributed by atoms with van der Waals surface area (Å²) < 4.78 is 36.9. The number of benzene rings is 1. The third-order valence-corrected chi connectivity index (χ3v) is 9.99. The summed E-state index contributed by atoms with van der Waals surface area (Å²) in [4.78, 5) is 66.1. The smallest absolute Gasteiger partial charge is 0.407 e. The van der Waals surface area contributed by atoms with E-state index in [1.807, 2.05) is 48.9 Å². The van der Waals surface area contributed by atoms with Crippen molar-refractivity contribution in [3.8, 4) is 0 Å². The molecule has 2 fully saturated rings. The Morgan fingerprint density at radius 2 is 1.88 bits per heavy atom. The zero-order valence-electron chi connectivity index (χ0n) is 28.9. The average molecular weight is 718 g/mol. The summed E-state index contributed by atoms with van der Waals surface area (Å²) in [5, 5.41) is 14.4. The lowest BCUT2D eigenvalue weighted by Gasteiger charge is -2.28. The minimum atomic E-state index is -4.40. The van der Waals surface area contributed by atoms with E-state index >= 15 is 0 Å². The number of allylic oxidation sites excluding steroid dienone is 1. The van der Waals surface area contributed by atoms with Crippen molar-refractivity contribution in [1.29, 1.82) is 0 Å². The molecule has 5 amide bonds. The van der Waals surface area contributed by atoms with E-state index in [1.165, 1.54) is 22.8 Å². The minimum absolute atomic E-state index is 0.0469. The highest BCUT2D eigenvalue weighted by atomic mass is 32.2. The molecule has 3 atom stereocenters. The number of hydrogen-bond donors (Lipinski definition) is 4. The Morgan fingerprint density at radius 1 is 1.16 bits per heavy atom. The van der Waals surface area contributed by atoms with Crippen molar-refractivity contribution in [3.05, 3.63) is 53.6 Å². The van der Waals surface area contributed by atoms with Gasteiger partial charge in [0.05, 0.1) is 18.8 Å². The minimum Gasteiger partial charge on any atom is -0.465 e. The van der Waals surface area contributed by atoms with Gasteiger partial charge in [-0.1, -0.05) is 50.3 Å². The van der Waals surface area contributed by atoms with Gasteiger partial charge in [0.15, 0.2) is 0 Å². The molecule has 4 N–H and O–H groups in total. The lowest BCUT2D eigenvalue weighted by atomic mass is 9.90. The summed E-state index contributed by atoms with van der Waals surface area (Å²) in [7, 11) is -4.40. The molecule has 1 aromatic carbocycles. The van der Waals surface area contributed by atoms with E-state index in [0.29, 0.717) is 45.2 Å². The standard InChI is InChI=1S/C34H47N5O10S/c1-6-10-26(28(40)37-50(46,47)49-34(5)16-17-34)36-29(41)27-14-9-18-39(27)30(42)22(2)35-31(43)48-21-33(3,4)15-8-13-23-11-7-12-24-19-38(32(44)45)20-25(23)24/h6-8,11-13,22,26-27H,1,9-10,14-21H2,2-5H3,(H,35,43)(H,36,41)(H,37,40)(H,44,45). The van der Waals surface area contributed by atoms with Gasteiger partial charge >= 0.3 is 22.5 Å². The maximum atomic E-state index is 13.3. The second-order valence-corrected chi connectivity index (χ2v) is 15.3. The Balaban J connectivity index is 1.25. The molecule has 3 unspecified atom stereocenters. The van der Waals surface area contributed by atoms with Crippen molar-refractivity contribution in [2.24, 2.45) is 5.41 Å². The highest BCUT2D eigenvalue weighted by molar-refractivity contribution is 7.85. The fourth-order valence-corrected chi connectivity index (χ4v) is 6.93. The lowest BCUT2D eigenvalue weighted by molar-refractivity contribution is -0.140. The molecule has 3 aliphatic rings. The molecule has 0 radical (unpaired) electrons. The molecule has 4 rings (SSSR count). The van der Waals surface area contributed by atoms with Crippen molar-refractivity contribution in [1.82, 2.24) is 25.2 Å². The van der Waals surface area contributed by atoms with Crippen molar-refractivity contribution < 1.29 is 46.4 Å². The van der Waals surface area contributed by atoms with Gasteiger partial charge in [0, 0.05) is 18.5 Å². The third kappa shape index (κ3) is 10.3. The van der Waals surface area contributed by atoms with E-state index in [2.05, 4.69) is 17.2 Å². The summed E-state index contributed by atoms with van der Waals surface area (Å²) >= 11 is 0. The Bertz CT molecular complexity index is 1640. The molecule has 1 aromatic rings. The number of carbonyl (C=O) groups is 5. The summed E-state index contributed by atoms with van der Waals surface area (Å²) in [5.41, 5.74) is 1.57. The Kier molecular flexibility index (Phi) is 12.0. The van der Waals surface area contributed by atoms with E-state index in [0.717, 1.165) is 16.7 Å². The van der Waals surface area contributed by atoms with Gasteiger partial charge in [-0.15, -0.1) is 6.58 Å². The van der Waals surface area contributed by atoms with Gasteiger partial charge in [0.1, 0.15) is 18.1 Å². The number of fused-ring (bicyclic) bond motifs is 1. The fraction of sp³-hybridized carbons (Fsp3) is 0.559. The topological polar surface area (TPSA) is 201 Å².